The van der Waals surface area contributed by atoms with Gasteiger partial charge in [0.2, 0.25) is 0 Å². The Hall–Kier alpha value is -3.15. The van der Waals surface area contributed by atoms with Gasteiger partial charge in [-0.2, -0.15) is 0 Å². The van der Waals surface area contributed by atoms with Gasteiger partial charge in [-0.15, -0.1) is 0 Å². The topological polar surface area (TPSA) is 78.9 Å². The predicted molar refractivity (Wildman–Crippen MR) is 311 cm³/mol. The van der Waals surface area contributed by atoms with Gasteiger partial charge in [0.25, 0.3) is 0 Å². The molecule has 0 aliphatic heterocycles. The first-order valence-corrected chi connectivity index (χ1v) is 30.9. The predicted octanol–water partition coefficient (Wildman–Crippen LogP) is 20.9. The van der Waals surface area contributed by atoms with Gasteiger partial charge in [0.05, 0.1) is 0 Å². The first kappa shape index (κ1) is 68.8. The van der Waals surface area contributed by atoms with Crippen LogP contribution in [0.1, 0.15) is 310 Å². The van der Waals surface area contributed by atoms with E-state index in [1.165, 1.54) is 193 Å². The molecule has 1 unspecified atom stereocenters. The van der Waals surface area contributed by atoms with Crippen molar-refractivity contribution in [2.24, 2.45) is 0 Å². The van der Waals surface area contributed by atoms with E-state index in [0.29, 0.717) is 19.3 Å². The van der Waals surface area contributed by atoms with Crippen molar-refractivity contribution in [2.75, 3.05) is 13.2 Å². The maximum Gasteiger partial charge on any atom is 0.306 e. The highest BCUT2D eigenvalue weighted by Crippen LogP contribution is 2.17. The van der Waals surface area contributed by atoms with Crippen LogP contribution in [0.5, 0.6) is 0 Å². The van der Waals surface area contributed by atoms with Crippen molar-refractivity contribution in [1.82, 2.24) is 0 Å². The molecule has 6 nitrogen and oxygen atoms in total. The first-order valence-electron chi connectivity index (χ1n) is 30.9. The van der Waals surface area contributed by atoms with Crippen LogP contribution in [-0.4, -0.2) is 37.2 Å². The molecule has 0 fully saturated rings. The van der Waals surface area contributed by atoms with Crippen LogP contribution in [0, 0.1) is 0 Å². The quantitative estimate of drug-likeness (QED) is 0.0261. The van der Waals surface area contributed by atoms with E-state index in [2.05, 4.69) is 81.5 Å². The van der Waals surface area contributed by atoms with Crippen LogP contribution in [0.3, 0.4) is 0 Å². The number of rotatable bonds is 56. The number of allylic oxidation sites excluding steroid dienone is 12. The Morgan fingerprint density at radius 1 is 0.292 bits per heavy atom. The SMILES string of the molecule is CC/C=C\C/C=C\C/C=C\C/C=C\CCC(=O)OC(COC(=O)CCCCCCCC)COC(=O)CCCCCCCCCCCCCCCCCCCCCCCCC/C=C\C/C=C\CCCCCCC. The highest BCUT2D eigenvalue weighted by atomic mass is 16.6. The summed E-state index contributed by atoms with van der Waals surface area (Å²) in [7, 11) is 0. The average Bonchev–Trinajstić information content (AvgIpc) is 3.38. The molecule has 0 saturated carbocycles. The molecule has 0 aliphatic carbocycles. The van der Waals surface area contributed by atoms with E-state index in [-0.39, 0.29) is 37.5 Å². The van der Waals surface area contributed by atoms with Crippen molar-refractivity contribution in [1.29, 1.82) is 0 Å². The van der Waals surface area contributed by atoms with E-state index in [9.17, 15) is 14.4 Å². The molecule has 0 aliphatic rings. The zero-order valence-electron chi connectivity index (χ0n) is 47.7. The molecule has 0 heterocycles. The second-order valence-corrected chi connectivity index (χ2v) is 20.6. The number of unbranched alkanes of at least 4 members (excludes halogenated alkanes) is 33. The highest BCUT2D eigenvalue weighted by molar-refractivity contribution is 5.71. The van der Waals surface area contributed by atoms with Crippen LogP contribution in [0.4, 0.5) is 0 Å². The van der Waals surface area contributed by atoms with Gasteiger partial charge < -0.3 is 14.2 Å². The summed E-state index contributed by atoms with van der Waals surface area (Å²) in [6, 6.07) is 0. The summed E-state index contributed by atoms with van der Waals surface area (Å²) in [5.41, 5.74) is 0. The van der Waals surface area contributed by atoms with Crippen molar-refractivity contribution in [3.05, 3.63) is 72.9 Å². The Morgan fingerprint density at radius 3 is 0.903 bits per heavy atom. The minimum atomic E-state index is -0.807. The molecule has 0 aromatic rings. The van der Waals surface area contributed by atoms with Crippen LogP contribution in [0.25, 0.3) is 0 Å². The van der Waals surface area contributed by atoms with Crippen molar-refractivity contribution in [2.45, 2.75) is 316 Å². The summed E-state index contributed by atoms with van der Waals surface area (Å²) in [6.07, 6.45) is 78.5. The Labute approximate surface area is 446 Å². The summed E-state index contributed by atoms with van der Waals surface area (Å²) in [5.74, 6) is -0.986. The molecule has 1 atom stereocenters. The molecule has 6 heteroatoms. The fourth-order valence-electron chi connectivity index (χ4n) is 8.84. The van der Waals surface area contributed by atoms with Gasteiger partial charge in [-0.3, -0.25) is 14.4 Å². The van der Waals surface area contributed by atoms with Crippen molar-refractivity contribution in [3.63, 3.8) is 0 Å². The van der Waals surface area contributed by atoms with Gasteiger partial charge in [0.15, 0.2) is 6.10 Å². The standard InChI is InChI=1S/C66H116O6/c1-4-7-10-13-16-18-20-22-23-24-25-26-27-28-29-30-31-32-33-34-35-36-37-38-39-40-41-42-43-45-46-48-50-53-56-59-65(68)71-62-63(61-70-64(67)58-55-52-15-12-9-6-3)72-66(69)60-57-54-51-49-47-44-21-19-17-14-11-8-5-2/h8,11,17,19-20,22,24-25,44,47,51,54,63H,4-7,9-10,12-16,18,21,23,26-43,45-46,48-50,52-53,55-62H2,1-3H3/b11-8-,19-17-,22-20-,25-24-,47-44-,54-51-. The largest absolute Gasteiger partial charge is 0.462 e. The molecule has 0 amide bonds. The van der Waals surface area contributed by atoms with Crippen LogP contribution in [0.15, 0.2) is 72.9 Å². The molecule has 0 saturated heterocycles. The van der Waals surface area contributed by atoms with E-state index in [1.807, 2.05) is 12.2 Å². The van der Waals surface area contributed by atoms with Crippen LogP contribution in [0.2, 0.25) is 0 Å². The van der Waals surface area contributed by atoms with Gasteiger partial charge in [-0.25, -0.2) is 0 Å². The lowest BCUT2D eigenvalue weighted by molar-refractivity contribution is -0.166. The molecule has 0 bridgehead atoms. The number of carbonyl (C=O) groups is 3. The third kappa shape index (κ3) is 57.7. The van der Waals surface area contributed by atoms with E-state index in [0.717, 1.165) is 70.6 Å². The fourth-order valence-corrected chi connectivity index (χ4v) is 8.84. The van der Waals surface area contributed by atoms with Gasteiger partial charge in [0, 0.05) is 19.3 Å². The maximum atomic E-state index is 12.7. The summed E-state index contributed by atoms with van der Waals surface area (Å²) >= 11 is 0. The van der Waals surface area contributed by atoms with Gasteiger partial charge in [-0.05, 0) is 77.0 Å². The lowest BCUT2D eigenvalue weighted by atomic mass is 10.0. The third-order valence-electron chi connectivity index (χ3n) is 13.5. The lowest BCUT2D eigenvalue weighted by Crippen LogP contribution is -2.30. The van der Waals surface area contributed by atoms with E-state index >= 15 is 0 Å². The van der Waals surface area contributed by atoms with Crippen LogP contribution < -0.4 is 0 Å². The minimum Gasteiger partial charge on any atom is -0.462 e. The zero-order valence-corrected chi connectivity index (χ0v) is 47.7. The number of hydrogen-bond acceptors (Lipinski definition) is 6. The van der Waals surface area contributed by atoms with Crippen LogP contribution >= 0.6 is 0 Å². The first-order chi connectivity index (χ1) is 35.5. The highest BCUT2D eigenvalue weighted by Gasteiger charge is 2.19. The van der Waals surface area contributed by atoms with Crippen LogP contribution in [-0.2, 0) is 28.6 Å². The number of hydrogen-bond donors (Lipinski definition) is 0. The molecule has 0 aromatic carbocycles. The van der Waals surface area contributed by atoms with Gasteiger partial charge in [0.1, 0.15) is 13.2 Å². The number of ether oxygens (including phenoxy) is 3. The Morgan fingerprint density at radius 2 is 0.569 bits per heavy atom. The van der Waals surface area contributed by atoms with Crippen molar-refractivity contribution < 1.29 is 28.6 Å². The summed E-state index contributed by atoms with van der Waals surface area (Å²) in [6.45, 7) is 6.41. The summed E-state index contributed by atoms with van der Waals surface area (Å²) in [4.78, 5) is 37.8. The number of carbonyl (C=O) groups excluding carboxylic acids is 3. The molecular formula is C66H116O6. The fraction of sp³-hybridized carbons (Fsp3) is 0.773. The summed E-state index contributed by atoms with van der Waals surface area (Å²) in [5, 5.41) is 0. The van der Waals surface area contributed by atoms with E-state index in [1.54, 1.807) is 0 Å². The van der Waals surface area contributed by atoms with Crippen molar-refractivity contribution in [3.8, 4) is 0 Å². The second-order valence-electron chi connectivity index (χ2n) is 20.6. The molecule has 0 N–H and O–H groups in total. The monoisotopic (exact) mass is 1000 g/mol. The molecule has 0 rings (SSSR count). The molecule has 0 radical (unpaired) electrons. The lowest BCUT2D eigenvalue weighted by Gasteiger charge is -2.18. The molecule has 416 valence electrons. The third-order valence-corrected chi connectivity index (χ3v) is 13.5. The molecule has 0 aromatic heterocycles. The molecular weight excluding hydrogens is 889 g/mol. The van der Waals surface area contributed by atoms with E-state index in [4.69, 9.17) is 14.2 Å². The minimum absolute atomic E-state index is 0.101. The Bertz CT molecular complexity index is 1340. The molecule has 0 spiro atoms. The Kier molecular flexibility index (Phi) is 57.8. The second kappa shape index (κ2) is 60.4. The van der Waals surface area contributed by atoms with Crippen molar-refractivity contribution >= 4 is 17.9 Å². The normalized spacial score (nSPS) is 12.5. The Balaban J connectivity index is 3.91. The number of esters is 3. The van der Waals surface area contributed by atoms with E-state index < -0.39 is 6.10 Å². The zero-order chi connectivity index (χ0) is 52.2. The maximum absolute atomic E-state index is 12.7. The average molecular weight is 1010 g/mol. The van der Waals surface area contributed by atoms with Gasteiger partial charge in [-0.1, -0.05) is 286 Å². The summed E-state index contributed by atoms with van der Waals surface area (Å²) < 4.78 is 16.7. The van der Waals surface area contributed by atoms with Gasteiger partial charge >= 0.3 is 17.9 Å². The smallest absolute Gasteiger partial charge is 0.306 e. The molecule has 72 heavy (non-hydrogen) atoms.